The quantitative estimate of drug-likeness (QED) is 0.792. The lowest BCUT2D eigenvalue weighted by Gasteiger charge is -1.98. The third-order valence-electron chi connectivity index (χ3n) is 2.33. The van der Waals surface area contributed by atoms with Crippen LogP contribution in [0.25, 0.3) is 0 Å². The van der Waals surface area contributed by atoms with Gasteiger partial charge in [-0.2, -0.15) is 0 Å². The summed E-state index contributed by atoms with van der Waals surface area (Å²) in [5.74, 6) is 0.480. The molecule has 1 aliphatic rings. The van der Waals surface area contributed by atoms with Gasteiger partial charge in [-0.25, -0.2) is 0 Å². The van der Waals surface area contributed by atoms with Crippen LogP contribution in [0.5, 0.6) is 0 Å². The fraction of sp³-hybridized carbons (Fsp3) is 0.500. The summed E-state index contributed by atoms with van der Waals surface area (Å²) in [5.41, 5.74) is 0. The fourth-order valence-corrected chi connectivity index (χ4v) is 3.17. The van der Waals surface area contributed by atoms with E-state index in [9.17, 15) is 4.79 Å². The molecule has 1 heterocycles. The van der Waals surface area contributed by atoms with E-state index in [0.717, 1.165) is 10.9 Å². The molecule has 1 fully saturated rings. The molecule has 2 unspecified atom stereocenters. The van der Waals surface area contributed by atoms with Crippen molar-refractivity contribution in [1.82, 2.24) is 0 Å². The molecule has 0 aliphatic heterocycles. The highest BCUT2D eigenvalue weighted by molar-refractivity contribution is 9.10. The highest BCUT2D eigenvalue weighted by atomic mass is 79.9. The van der Waals surface area contributed by atoms with E-state index in [2.05, 4.69) is 27.4 Å². The Morgan fingerprint density at radius 1 is 1.79 bits per heavy atom. The minimum atomic E-state index is -0.0398. The number of esters is 1. The van der Waals surface area contributed by atoms with Gasteiger partial charge < -0.3 is 4.74 Å². The van der Waals surface area contributed by atoms with Crippen LogP contribution in [-0.4, -0.2) is 12.6 Å². The first kappa shape index (κ1) is 10.2. The van der Waals surface area contributed by atoms with Crippen LogP contribution in [0.2, 0.25) is 0 Å². The molecule has 0 radical (unpaired) electrons. The Bertz CT molecular complexity index is 348. The molecule has 2 atom stereocenters. The monoisotopic (exact) mass is 274 g/mol. The molecule has 0 saturated heterocycles. The van der Waals surface area contributed by atoms with Crippen LogP contribution in [0.1, 0.15) is 24.1 Å². The largest absolute Gasteiger partial charge is 0.466 e. The first-order valence-electron chi connectivity index (χ1n) is 4.63. The zero-order chi connectivity index (χ0) is 10.1. The Morgan fingerprint density at radius 2 is 2.57 bits per heavy atom. The summed E-state index contributed by atoms with van der Waals surface area (Å²) < 4.78 is 6.08. The van der Waals surface area contributed by atoms with E-state index in [4.69, 9.17) is 4.74 Å². The number of halogens is 1. The zero-order valence-electron chi connectivity index (χ0n) is 7.83. The van der Waals surface area contributed by atoms with Crippen molar-refractivity contribution in [2.75, 3.05) is 6.61 Å². The van der Waals surface area contributed by atoms with Crippen LogP contribution in [0, 0.1) is 5.92 Å². The predicted octanol–water partition coefficient (Wildman–Crippen LogP) is 3.18. The maximum atomic E-state index is 11.4. The van der Waals surface area contributed by atoms with Gasteiger partial charge in [0.05, 0.1) is 12.5 Å². The number of ether oxygens (including phenoxy) is 1. The summed E-state index contributed by atoms with van der Waals surface area (Å²) in [6.45, 7) is 2.33. The second-order valence-corrected chi connectivity index (χ2v) is 5.23. The highest BCUT2D eigenvalue weighted by Gasteiger charge is 2.45. The fourth-order valence-electron chi connectivity index (χ4n) is 1.54. The topological polar surface area (TPSA) is 26.3 Å². The SMILES string of the molecule is CCOC(=O)C1CC1c1cc(Br)cs1. The van der Waals surface area contributed by atoms with Gasteiger partial charge in [0.1, 0.15) is 0 Å². The van der Waals surface area contributed by atoms with Gasteiger partial charge in [-0.05, 0) is 35.3 Å². The summed E-state index contributed by atoms with van der Waals surface area (Å²) in [6, 6.07) is 2.09. The van der Waals surface area contributed by atoms with E-state index >= 15 is 0 Å². The molecule has 2 nitrogen and oxygen atoms in total. The van der Waals surface area contributed by atoms with E-state index in [1.807, 2.05) is 6.92 Å². The van der Waals surface area contributed by atoms with Crippen LogP contribution in [0.15, 0.2) is 15.9 Å². The molecule has 0 aromatic carbocycles. The number of hydrogen-bond acceptors (Lipinski definition) is 3. The molecule has 1 aliphatic carbocycles. The van der Waals surface area contributed by atoms with Gasteiger partial charge in [0, 0.05) is 20.6 Å². The minimum absolute atomic E-state index is 0.0398. The number of thiophene rings is 1. The smallest absolute Gasteiger partial charge is 0.309 e. The Morgan fingerprint density at radius 3 is 3.14 bits per heavy atom. The molecule has 14 heavy (non-hydrogen) atoms. The highest BCUT2D eigenvalue weighted by Crippen LogP contribution is 2.50. The summed E-state index contributed by atoms with van der Waals surface area (Å²) >= 11 is 5.11. The molecular formula is C10H11BrO2S. The van der Waals surface area contributed by atoms with Crippen LogP contribution in [0.3, 0.4) is 0 Å². The van der Waals surface area contributed by atoms with Crippen molar-refractivity contribution in [3.63, 3.8) is 0 Å². The van der Waals surface area contributed by atoms with Gasteiger partial charge in [0.25, 0.3) is 0 Å². The molecule has 0 N–H and O–H groups in total. The van der Waals surface area contributed by atoms with Gasteiger partial charge >= 0.3 is 5.97 Å². The van der Waals surface area contributed by atoms with E-state index in [1.165, 1.54) is 4.88 Å². The number of rotatable bonds is 3. The molecule has 0 amide bonds. The third-order valence-corrected chi connectivity index (χ3v) is 4.16. The molecule has 1 aromatic heterocycles. The minimum Gasteiger partial charge on any atom is -0.466 e. The molecule has 1 aromatic rings. The Hall–Kier alpha value is -0.350. The van der Waals surface area contributed by atoms with Crippen molar-refractivity contribution in [3.8, 4) is 0 Å². The van der Waals surface area contributed by atoms with Gasteiger partial charge in [0.15, 0.2) is 0 Å². The van der Waals surface area contributed by atoms with Crippen LogP contribution in [0.4, 0.5) is 0 Å². The summed E-state index contributed by atoms with van der Waals surface area (Å²) in [5, 5.41) is 2.05. The van der Waals surface area contributed by atoms with Gasteiger partial charge in [0.2, 0.25) is 0 Å². The van der Waals surface area contributed by atoms with Crippen molar-refractivity contribution in [3.05, 3.63) is 20.8 Å². The number of carbonyl (C=O) groups excluding carboxylic acids is 1. The summed E-state index contributed by atoms with van der Waals surface area (Å²) in [6.07, 6.45) is 0.950. The lowest BCUT2D eigenvalue weighted by Crippen LogP contribution is -2.06. The molecule has 4 heteroatoms. The molecule has 0 spiro atoms. The van der Waals surface area contributed by atoms with E-state index in [1.54, 1.807) is 11.3 Å². The first-order chi connectivity index (χ1) is 6.72. The molecule has 1 saturated carbocycles. The molecular weight excluding hydrogens is 264 g/mol. The Kier molecular flexibility index (Phi) is 2.93. The molecule has 2 rings (SSSR count). The van der Waals surface area contributed by atoms with E-state index in [-0.39, 0.29) is 11.9 Å². The van der Waals surface area contributed by atoms with Crippen molar-refractivity contribution >= 4 is 33.2 Å². The van der Waals surface area contributed by atoms with Crippen molar-refractivity contribution in [2.45, 2.75) is 19.3 Å². The van der Waals surface area contributed by atoms with Crippen LogP contribution < -0.4 is 0 Å². The Balaban J connectivity index is 1.96. The van der Waals surface area contributed by atoms with Crippen molar-refractivity contribution in [1.29, 1.82) is 0 Å². The average Bonchev–Trinajstić information content (AvgIpc) is 2.84. The number of hydrogen-bond donors (Lipinski definition) is 0. The molecule has 0 bridgehead atoms. The molecule has 76 valence electrons. The van der Waals surface area contributed by atoms with E-state index < -0.39 is 0 Å². The van der Waals surface area contributed by atoms with Crippen molar-refractivity contribution < 1.29 is 9.53 Å². The first-order valence-corrected chi connectivity index (χ1v) is 6.30. The van der Waals surface area contributed by atoms with Crippen molar-refractivity contribution in [2.24, 2.45) is 5.92 Å². The second kappa shape index (κ2) is 4.03. The van der Waals surface area contributed by atoms with Crippen LogP contribution in [-0.2, 0) is 9.53 Å². The predicted molar refractivity (Wildman–Crippen MR) is 59.5 cm³/mol. The summed E-state index contributed by atoms with van der Waals surface area (Å²) in [4.78, 5) is 12.7. The second-order valence-electron chi connectivity index (χ2n) is 3.37. The maximum absolute atomic E-state index is 11.4. The van der Waals surface area contributed by atoms with Crippen LogP contribution >= 0.6 is 27.3 Å². The zero-order valence-corrected chi connectivity index (χ0v) is 10.2. The van der Waals surface area contributed by atoms with Gasteiger partial charge in [-0.3, -0.25) is 4.79 Å². The van der Waals surface area contributed by atoms with E-state index in [0.29, 0.717) is 12.5 Å². The average molecular weight is 275 g/mol. The Labute approximate surface area is 95.4 Å². The van der Waals surface area contributed by atoms with Gasteiger partial charge in [-0.1, -0.05) is 0 Å². The lowest BCUT2D eigenvalue weighted by atomic mass is 10.3. The number of carbonyl (C=O) groups is 1. The standard InChI is InChI=1S/C10H11BrO2S/c1-2-13-10(12)8-4-7(8)9-3-6(11)5-14-9/h3,5,7-8H,2,4H2,1H3. The summed E-state index contributed by atoms with van der Waals surface area (Å²) in [7, 11) is 0. The van der Waals surface area contributed by atoms with Gasteiger partial charge in [-0.15, -0.1) is 11.3 Å². The maximum Gasteiger partial charge on any atom is 0.309 e. The lowest BCUT2D eigenvalue weighted by molar-refractivity contribution is -0.144. The third kappa shape index (κ3) is 2.01. The normalized spacial score (nSPS) is 24.7.